The first-order valence-electron chi connectivity index (χ1n) is 9.15. The van der Waals surface area contributed by atoms with Crippen LogP contribution in [0.3, 0.4) is 0 Å². The van der Waals surface area contributed by atoms with Gasteiger partial charge in [-0.1, -0.05) is 23.7 Å². The van der Waals surface area contributed by atoms with Crippen LogP contribution in [0.25, 0.3) is 0 Å². The Bertz CT molecular complexity index is 934. The van der Waals surface area contributed by atoms with Gasteiger partial charge in [-0.25, -0.2) is 4.79 Å². The van der Waals surface area contributed by atoms with Gasteiger partial charge in [0, 0.05) is 48.9 Å². The third kappa shape index (κ3) is 4.94. The number of anilines is 1. The number of carbonyl (C=O) groups excluding carboxylic acids is 1. The molecule has 30 heavy (non-hydrogen) atoms. The van der Waals surface area contributed by atoms with Gasteiger partial charge in [-0.05, 0) is 29.8 Å². The molecule has 2 heterocycles. The van der Waals surface area contributed by atoms with E-state index in [2.05, 4.69) is 15.0 Å². The topological polar surface area (TPSA) is 50.8 Å². The molecule has 0 aliphatic carbocycles. The number of halogens is 5. The summed E-state index contributed by atoms with van der Waals surface area (Å²) in [6.07, 6.45) is -5.06. The quantitative estimate of drug-likeness (QED) is 0.676. The largest absolute Gasteiger partial charge is 0.573 e. The highest BCUT2D eigenvalue weighted by Gasteiger charge is 2.33. The fourth-order valence-electron chi connectivity index (χ4n) is 3.62. The maximum absolute atomic E-state index is 12.4. The van der Waals surface area contributed by atoms with Crippen molar-refractivity contribution in [3.63, 3.8) is 0 Å². The molecule has 0 radical (unpaired) electrons. The number of rotatable bonds is 4. The number of hydrogen-bond acceptors (Lipinski definition) is 5. The van der Waals surface area contributed by atoms with Crippen molar-refractivity contribution in [3.05, 3.63) is 58.1 Å². The number of alkyl halides is 3. The van der Waals surface area contributed by atoms with Crippen LogP contribution in [0.2, 0.25) is 5.02 Å². The van der Waals surface area contributed by atoms with Crippen molar-refractivity contribution < 1.29 is 27.4 Å². The Kier molecular flexibility index (Phi) is 6.69. The summed E-state index contributed by atoms with van der Waals surface area (Å²) in [5.41, 5.74) is 2.80. The van der Waals surface area contributed by atoms with Gasteiger partial charge in [-0.3, -0.25) is 0 Å². The standard InChI is InChI=1S/C20H18ClF3N2O3.ClH/c21-17-11-14(29-20(22,23)24)3-1-12(17)9-18-15-4-2-13(10-16(15)19(27)28-18)26-7-5-25-6-8-26;/h1-4,10-11,18,25H,5-9H2;1H. The Morgan fingerprint density at radius 3 is 2.57 bits per heavy atom. The number of ether oxygens (including phenoxy) is 2. The van der Waals surface area contributed by atoms with Crippen molar-refractivity contribution in [2.75, 3.05) is 31.1 Å². The Hall–Kier alpha value is -2.16. The number of cyclic esters (lactones) is 1. The van der Waals surface area contributed by atoms with Gasteiger partial charge in [-0.2, -0.15) is 0 Å². The van der Waals surface area contributed by atoms with Crippen LogP contribution in [0.15, 0.2) is 36.4 Å². The molecule has 4 rings (SSSR count). The molecule has 2 aromatic carbocycles. The summed E-state index contributed by atoms with van der Waals surface area (Å²) in [6.45, 7) is 3.49. The summed E-state index contributed by atoms with van der Waals surface area (Å²) in [7, 11) is 0. The lowest BCUT2D eigenvalue weighted by Gasteiger charge is -2.29. The molecule has 162 valence electrons. The van der Waals surface area contributed by atoms with E-state index in [1.165, 1.54) is 12.1 Å². The minimum Gasteiger partial charge on any atom is -0.454 e. The smallest absolute Gasteiger partial charge is 0.454 e. The summed E-state index contributed by atoms with van der Waals surface area (Å²) < 4.78 is 46.4. The molecule has 2 aliphatic rings. The molecular formula is C20H19Cl2F3N2O3. The first-order valence-corrected chi connectivity index (χ1v) is 9.53. The highest BCUT2D eigenvalue weighted by molar-refractivity contribution is 6.31. The molecule has 0 bridgehead atoms. The number of nitrogens with zero attached hydrogens (tertiary/aromatic N) is 1. The van der Waals surface area contributed by atoms with Crippen LogP contribution >= 0.6 is 24.0 Å². The average Bonchev–Trinajstić information content (AvgIpc) is 2.98. The van der Waals surface area contributed by atoms with Crippen LogP contribution in [-0.2, 0) is 11.2 Å². The van der Waals surface area contributed by atoms with Crippen LogP contribution < -0.4 is 15.0 Å². The molecule has 2 aromatic rings. The Morgan fingerprint density at radius 2 is 1.90 bits per heavy atom. The van der Waals surface area contributed by atoms with Crippen molar-refractivity contribution >= 4 is 35.7 Å². The normalized spacial score (nSPS) is 18.5. The lowest BCUT2D eigenvalue weighted by Crippen LogP contribution is -2.43. The van der Waals surface area contributed by atoms with E-state index in [-0.39, 0.29) is 23.9 Å². The van der Waals surface area contributed by atoms with E-state index >= 15 is 0 Å². The maximum Gasteiger partial charge on any atom is 0.573 e. The van der Waals surface area contributed by atoms with E-state index in [1.807, 2.05) is 18.2 Å². The first kappa shape index (κ1) is 22.5. The van der Waals surface area contributed by atoms with E-state index < -0.39 is 24.2 Å². The number of benzene rings is 2. The minimum absolute atomic E-state index is 0. The van der Waals surface area contributed by atoms with Crippen LogP contribution in [0.4, 0.5) is 18.9 Å². The van der Waals surface area contributed by atoms with Crippen molar-refractivity contribution in [2.24, 2.45) is 0 Å². The number of piperazine rings is 1. The van der Waals surface area contributed by atoms with E-state index in [0.29, 0.717) is 11.1 Å². The molecule has 1 fully saturated rings. The molecule has 0 saturated carbocycles. The average molecular weight is 463 g/mol. The van der Waals surface area contributed by atoms with E-state index in [1.54, 1.807) is 0 Å². The second-order valence-corrected chi connectivity index (χ2v) is 7.31. The van der Waals surface area contributed by atoms with Gasteiger partial charge in [-0.15, -0.1) is 25.6 Å². The lowest BCUT2D eigenvalue weighted by atomic mass is 9.98. The summed E-state index contributed by atoms with van der Waals surface area (Å²) in [5.74, 6) is -0.800. The van der Waals surface area contributed by atoms with Gasteiger partial charge in [0.1, 0.15) is 11.9 Å². The van der Waals surface area contributed by atoms with Gasteiger partial charge in [0.05, 0.1) is 5.56 Å². The predicted octanol–water partition coefficient (Wildman–Crippen LogP) is 4.52. The third-order valence-corrected chi connectivity index (χ3v) is 5.35. The van der Waals surface area contributed by atoms with Crippen molar-refractivity contribution in [1.82, 2.24) is 5.32 Å². The number of hydrogen-bond donors (Lipinski definition) is 1. The zero-order valence-electron chi connectivity index (χ0n) is 15.7. The van der Waals surface area contributed by atoms with E-state index in [0.717, 1.165) is 43.5 Å². The third-order valence-electron chi connectivity index (χ3n) is 5.00. The SMILES string of the molecule is Cl.O=C1OC(Cc2ccc(OC(F)(F)F)cc2Cl)c2ccc(N3CCNCC3)cc21. The minimum atomic E-state index is -4.78. The van der Waals surface area contributed by atoms with E-state index in [9.17, 15) is 18.0 Å². The van der Waals surface area contributed by atoms with Crippen LogP contribution in [0.1, 0.15) is 27.6 Å². The number of carbonyl (C=O) groups is 1. The van der Waals surface area contributed by atoms with Crippen LogP contribution in [0.5, 0.6) is 5.75 Å². The Morgan fingerprint density at radius 1 is 1.17 bits per heavy atom. The monoisotopic (exact) mass is 462 g/mol. The lowest BCUT2D eigenvalue weighted by molar-refractivity contribution is -0.274. The van der Waals surface area contributed by atoms with E-state index in [4.69, 9.17) is 16.3 Å². The molecule has 0 aromatic heterocycles. The van der Waals surface area contributed by atoms with Gasteiger partial charge in [0.25, 0.3) is 0 Å². The molecule has 0 spiro atoms. The molecule has 1 N–H and O–H groups in total. The molecule has 5 nitrogen and oxygen atoms in total. The second-order valence-electron chi connectivity index (χ2n) is 6.91. The number of fused-ring (bicyclic) bond motifs is 1. The highest BCUT2D eigenvalue weighted by atomic mass is 35.5. The van der Waals surface area contributed by atoms with Gasteiger partial charge < -0.3 is 19.7 Å². The fraction of sp³-hybridized carbons (Fsp3) is 0.350. The summed E-state index contributed by atoms with van der Waals surface area (Å²) in [6, 6.07) is 9.42. The summed E-state index contributed by atoms with van der Waals surface area (Å²) in [4.78, 5) is 14.6. The van der Waals surface area contributed by atoms with Gasteiger partial charge >= 0.3 is 12.3 Å². The molecule has 2 aliphatic heterocycles. The summed E-state index contributed by atoms with van der Waals surface area (Å²) in [5, 5.41) is 3.40. The van der Waals surface area contributed by atoms with Gasteiger partial charge in [0.2, 0.25) is 0 Å². The van der Waals surface area contributed by atoms with Crippen molar-refractivity contribution in [3.8, 4) is 5.75 Å². The predicted molar refractivity (Wildman–Crippen MR) is 109 cm³/mol. The zero-order valence-corrected chi connectivity index (χ0v) is 17.2. The van der Waals surface area contributed by atoms with Crippen molar-refractivity contribution in [2.45, 2.75) is 18.9 Å². The highest BCUT2D eigenvalue weighted by Crippen LogP contribution is 2.37. The number of nitrogens with one attached hydrogen (secondary N) is 1. The molecular weight excluding hydrogens is 444 g/mol. The zero-order chi connectivity index (χ0) is 20.6. The fourth-order valence-corrected chi connectivity index (χ4v) is 3.87. The second kappa shape index (κ2) is 8.91. The molecule has 10 heteroatoms. The first-order chi connectivity index (χ1) is 13.8. The molecule has 1 saturated heterocycles. The molecule has 0 amide bonds. The number of esters is 1. The molecule has 1 unspecified atom stereocenters. The Balaban J connectivity index is 0.00000256. The summed E-state index contributed by atoms with van der Waals surface area (Å²) >= 11 is 6.13. The Labute approximate surface area is 182 Å². The van der Waals surface area contributed by atoms with Crippen molar-refractivity contribution in [1.29, 1.82) is 0 Å². The van der Waals surface area contributed by atoms with Gasteiger partial charge in [0.15, 0.2) is 0 Å². The molecule has 1 atom stereocenters. The van der Waals surface area contributed by atoms with Crippen LogP contribution in [0, 0.1) is 0 Å². The van der Waals surface area contributed by atoms with Crippen LogP contribution in [-0.4, -0.2) is 38.5 Å². The maximum atomic E-state index is 12.4.